The Morgan fingerprint density at radius 3 is 1.97 bits per heavy atom. The maximum atomic E-state index is 13.1. The number of carboxylic acids is 1. The van der Waals surface area contributed by atoms with Crippen LogP contribution in [0, 0.1) is 12.8 Å². The summed E-state index contributed by atoms with van der Waals surface area (Å²) in [5, 5.41) is 9.93. The summed E-state index contributed by atoms with van der Waals surface area (Å²) < 4.78 is 30.4. The number of benzene rings is 3. The SMILES string of the molecule is Cc1ccc(S(=O)(=O)OC(=O)C(Cc2ccccc2)C[C@](N)(Cc2ccccc2)C(=O)O)cc1. The second-order valence-corrected chi connectivity index (χ2v) is 9.93. The van der Waals surface area contributed by atoms with Crippen molar-refractivity contribution in [3.63, 3.8) is 0 Å². The Hall–Kier alpha value is -3.49. The molecule has 0 aromatic heterocycles. The summed E-state index contributed by atoms with van der Waals surface area (Å²) >= 11 is 0. The molecule has 0 spiro atoms. The number of aliphatic carboxylic acids is 1. The van der Waals surface area contributed by atoms with Crippen molar-refractivity contribution >= 4 is 22.1 Å². The number of carbonyl (C=O) groups is 2. The molecule has 0 aliphatic rings. The Labute approximate surface area is 199 Å². The van der Waals surface area contributed by atoms with Crippen LogP contribution >= 0.6 is 0 Å². The van der Waals surface area contributed by atoms with Gasteiger partial charge in [0.05, 0.1) is 5.92 Å². The predicted octanol–water partition coefficient (Wildman–Crippen LogP) is 3.50. The highest BCUT2D eigenvalue weighted by molar-refractivity contribution is 7.87. The van der Waals surface area contributed by atoms with Crippen LogP contribution in [-0.2, 0) is 36.7 Å². The van der Waals surface area contributed by atoms with Crippen molar-refractivity contribution in [3.05, 3.63) is 102 Å². The molecule has 3 N–H and O–H groups in total. The third-order valence-corrected chi connectivity index (χ3v) is 6.79. The first-order chi connectivity index (χ1) is 16.1. The molecule has 0 radical (unpaired) electrons. The van der Waals surface area contributed by atoms with Crippen LogP contribution in [0.5, 0.6) is 0 Å². The minimum atomic E-state index is -4.39. The zero-order valence-corrected chi connectivity index (χ0v) is 19.6. The van der Waals surface area contributed by atoms with Gasteiger partial charge in [0, 0.05) is 6.42 Å². The average Bonchev–Trinajstić information content (AvgIpc) is 2.80. The third kappa shape index (κ3) is 6.52. The Kier molecular flexibility index (Phi) is 7.86. The minimum absolute atomic E-state index is 0.0353. The van der Waals surface area contributed by atoms with Gasteiger partial charge in [-0.3, -0.25) is 9.59 Å². The van der Waals surface area contributed by atoms with Crippen molar-refractivity contribution in [1.29, 1.82) is 0 Å². The van der Waals surface area contributed by atoms with E-state index in [-0.39, 0.29) is 24.2 Å². The molecule has 8 heteroatoms. The number of hydrogen-bond donors (Lipinski definition) is 2. The summed E-state index contributed by atoms with van der Waals surface area (Å²) in [5.74, 6) is -3.44. The van der Waals surface area contributed by atoms with E-state index in [1.165, 1.54) is 12.1 Å². The molecular weight excluding hydrogens is 454 g/mol. The van der Waals surface area contributed by atoms with E-state index in [1.807, 2.05) is 0 Å². The monoisotopic (exact) mass is 481 g/mol. The maximum Gasteiger partial charge on any atom is 0.341 e. The molecule has 2 atom stereocenters. The van der Waals surface area contributed by atoms with E-state index >= 15 is 0 Å². The Morgan fingerprint density at radius 2 is 1.44 bits per heavy atom. The lowest BCUT2D eigenvalue weighted by Gasteiger charge is -2.29. The minimum Gasteiger partial charge on any atom is -0.480 e. The van der Waals surface area contributed by atoms with E-state index in [1.54, 1.807) is 79.7 Å². The number of hydrogen-bond acceptors (Lipinski definition) is 6. The van der Waals surface area contributed by atoms with Crippen LogP contribution < -0.4 is 5.73 Å². The summed E-state index contributed by atoms with van der Waals surface area (Å²) in [7, 11) is -4.39. The normalized spacial score (nSPS) is 14.1. The smallest absolute Gasteiger partial charge is 0.341 e. The van der Waals surface area contributed by atoms with Crippen molar-refractivity contribution in [2.75, 3.05) is 0 Å². The van der Waals surface area contributed by atoms with Gasteiger partial charge < -0.3 is 15.0 Å². The molecule has 0 aliphatic carbocycles. The number of rotatable bonds is 10. The summed E-state index contributed by atoms with van der Waals surface area (Å²) in [5.41, 5.74) is 6.75. The van der Waals surface area contributed by atoms with Crippen LogP contribution in [0.1, 0.15) is 23.1 Å². The Morgan fingerprint density at radius 1 is 0.912 bits per heavy atom. The molecule has 0 fully saturated rings. The molecule has 34 heavy (non-hydrogen) atoms. The van der Waals surface area contributed by atoms with Crippen molar-refractivity contribution in [3.8, 4) is 0 Å². The standard InChI is InChI=1S/C26H27NO6S/c1-19-12-14-23(15-13-19)34(31,32)33-24(28)22(16-20-8-4-2-5-9-20)18-26(27,25(29)30)17-21-10-6-3-7-11-21/h2-15,22H,16-18,27H2,1H3,(H,29,30)/t22?,26-/m1/s1. The fraction of sp³-hybridized carbons (Fsp3) is 0.231. The molecule has 0 bridgehead atoms. The van der Waals surface area contributed by atoms with Gasteiger partial charge in [-0.1, -0.05) is 78.4 Å². The molecule has 1 unspecified atom stereocenters. The van der Waals surface area contributed by atoms with Gasteiger partial charge >= 0.3 is 22.1 Å². The fourth-order valence-corrected chi connectivity index (χ4v) is 4.62. The van der Waals surface area contributed by atoms with Crippen molar-refractivity contribution in [2.24, 2.45) is 11.7 Å². The van der Waals surface area contributed by atoms with Crippen LogP contribution in [-0.4, -0.2) is 31.0 Å². The maximum absolute atomic E-state index is 13.1. The zero-order valence-electron chi connectivity index (χ0n) is 18.8. The van der Waals surface area contributed by atoms with Gasteiger partial charge in [0.2, 0.25) is 0 Å². The van der Waals surface area contributed by atoms with Crippen molar-refractivity contribution in [1.82, 2.24) is 0 Å². The second-order valence-electron chi connectivity index (χ2n) is 8.38. The molecule has 0 saturated carbocycles. The van der Waals surface area contributed by atoms with Gasteiger partial charge in [0.25, 0.3) is 0 Å². The molecule has 0 heterocycles. The van der Waals surface area contributed by atoms with E-state index in [2.05, 4.69) is 0 Å². The van der Waals surface area contributed by atoms with Gasteiger partial charge in [0.15, 0.2) is 0 Å². The zero-order chi connectivity index (χ0) is 24.8. The van der Waals surface area contributed by atoms with Gasteiger partial charge in [0.1, 0.15) is 10.4 Å². The lowest BCUT2D eigenvalue weighted by Crippen LogP contribution is -2.52. The molecule has 0 saturated heterocycles. The quantitative estimate of drug-likeness (QED) is 0.425. The Bertz CT molecular complexity index is 1230. The molecule has 0 aliphatic heterocycles. The first-order valence-electron chi connectivity index (χ1n) is 10.7. The van der Waals surface area contributed by atoms with E-state index < -0.39 is 33.5 Å². The second kappa shape index (κ2) is 10.6. The van der Waals surface area contributed by atoms with Crippen LogP contribution in [0.2, 0.25) is 0 Å². The number of carboxylic acid groups (broad SMARTS) is 1. The Balaban J connectivity index is 1.89. The molecule has 3 aromatic rings. The summed E-state index contributed by atoms with van der Waals surface area (Å²) in [6.07, 6.45) is -0.273. The van der Waals surface area contributed by atoms with E-state index in [9.17, 15) is 23.1 Å². The molecule has 7 nitrogen and oxygen atoms in total. The van der Waals surface area contributed by atoms with Gasteiger partial charge in [-0.25, -0.2) is 0 Å². The lowest BCUT2D eigenvalue weighted by atomic mass is 9.81. The van der Waals surface area contributed by atoms with Gasteiger partial charge in [-0.15, -0.1) is 0 Å². The van der Waals surface area contributed by atoms with Crippen LogP contribution in [0.15, 0.2) is 89.8 Å². The lowest BCUT2D eigenvalue weighted by molar-refractivity contribution is -0.146. The van der Waals surface area contributed by atoms with Crippen LogP contribution in [0.25, 0.3) is 0 Å². The van der Waals surface area contributed by atoms with Gasteiger partial charge in [-0.05, 0) is 43.0 Å². The van der Waals surface area contributed by atoms with Crippen molar-refractivity contribution in [2.45, 2.75) is 36.6 Å². The summed E-state index contributed by atoms with van der Waals surface area (Å²) in [6.45, 7) is 1.80. The number of aryl methyl sites for hydroxylation is 1. The average molecular weight is 482 g/mol. The third-order valence-electron chi connectivity index (χ3n) is 5.56. The fourth-order valence-electron chi connectivity index (χ4n) is 3.70. The largest absolute Gasteiger partial charge is 0.480 e. The van der Waals surface area contributed by atoms with Gasteiger partial charge in [-0.2, -0.15) is 8.42 Å². The topological polar surface area (TPSA) is 124 Å². The predicted molar refractivity (Wildman–Crippen MR) is 127 cm³/mol. The van der Waals surface area contributed by atoms with E-state index in [0.717, 1.165) is 11.1 Å². The molecule has 3 aromatic carbocycles. The highest BCUT2D eigenvalue weighted by Crippen LogP contribution is 2.26. The highest BCUT2D eigenvalue weighted by atomic mass is 32.2. The van der Waals surface area contributed by atoms with Crippen LogP contribution in [0.4, 0.5) is 0 Å². The summed E-state index contributed by atoms with van der Waals surface area (Å²) in [6, 6.07) is 23.6. The first kappa shape index (κ1) is 25.1. The van der Waals surface area contributed by atoms with E-state index in [4.69, 9.17) is 9.92 Å². The van der Waals surface area contributed by atoms with E-state index in [0.29, 0.717) is 5.56 Å². The first-order valence-corrected chi connectivity index (χ1v) is 12.1. The molecule has 0 amide bonds. The molecular formula is C26H27NO6S. The number of nitrogens with two attached hydrogens (primary N) is 1. The number of carbonyl (C=O) groups excluding carboxylic acids is 1. The summed E-state index contributed by atoms with van der Waals surface area (Å²) in [4.78, 5) is 25.1. The molecule has 3 rings (SSSR count). The highest BCUT2D eigenvalue weighted by Gasteiger charge is 2.40. The van der Waals surface area contributed by atoms with Crippen molar-refractivity contribution < 1.29 is 27.3 Å². The van der Waals surface area contributed by atoms with Crippen LogP contribution in [0.3, 0.4) is 0 Å². The molecule has 178 valence electrons.